The molecule has 4 fully saturated rings. The van der Waals surface area contributed by atoms with Gasteiger partial charge in [-0.15, -0.1) is 0 Å². The summed E-state index contributed by atoms with van der Waals surface area (Å²) in [6, 6.07) is 11.6. The topological polar surface area (TPSA) is 419 Å². The number of carbonyl (C=O) groups excluding carboxylic acids is 2. The summed E-state index contributed by atoms with van der Waals surface area (Å²) in [6.07, 6.45) is -25.4. The van der Waals surface area contributed by atoms with Gasteiger partial charge in [0.2, 0.25) is 11.8 Å². The molecule has 24 nitrogen and oxygen atoms in total. The van der Waals surface area contributed by atoms with Crippen molar-refractivity contribution in [3.05, 3.63) is 48.5 Å². The monoisotopic (exact) mass is 994 g/mol. The number of anilines is 2. The second-order valence-corrected chi connectivity index (χ2v) is 19.6. The first-order valence-corrected chi connectivity index (χ1v) is 22.7. The number of aliphatic hydroxyl groups is 16. The summed E-state index contributed by atoms with van der Waals surface area (Å²) in [6.45, 7) is -4.87. The molecule has 18 N–H and O–H groups in total. The molecular weight excluding hydrogens is 937 g/mol. The fourth-order valence-corrected chi connectivity index (χ4v) is 11.0. The van der Waals surface area contributed by atoms with Crippen molar-refractivity contribution in [2.24, 2.45) is 0 Å². The van der Waals surface area contributed by atoms with Gasteiger partial charge in [-0.2, -0.15) is 0 Å². The summed E-state index contributed by atoms with van der Waals surface area (Å²) in [4.78, 5) is 21.0. The van der Waals surface area contributed by atoms with Gasteiger partial charge >= 0.3 is 0 Å². The van der Waals surface area contributed by atoms with Crippen LogP contribution in [0.25, 0.3) is 0 Å². The lowest BCUT2D eigenvalue weighted by atomic mass is 9.77. The van der Waals surface area contributed by atoms with E-state index in [-0.39, 0.29) is 29.1 Å². The molecule has 0 radical (unpaired) electrons. The van der Waals surface area contributed by atoms with E-state index in [4.69, 9.17) is 18.9 Å². The molecule has 18 atom stereocenters. The fourth-order valence-electron chi connectivity index (χ4n) is 8.50. The van der Waals surface area contributed by atoms with Crippen LogP contribution in [0.3, 0.4) is 0 Å². The van der Waals surface area contributed by atoms with Crippen molar-refractivity contribution in [1.29, 1.82) is 0 Å². The van der Waals surface area contributed by atoms with Gasteiger partial charge in [0.1, 0.15) is 96.7 Å². The molecule has 67 heavy (non-hydrogen) atoms. The summed E-state index contributed by atoms with van der Waals surface area (Å²) in [5.41, 5.74) is -4.63. The second-order valence-electron chi connectivity index (χ2n) is 17.0. The molecule has 4 aliphatic rings. The molecule has 4 heterocycles. The second kappa shape index (κ2) is 21.7. The Balaban J connectivity index is 0.993. The normalized spacial score (nSPS) is 41.4. The van der Waals surface area contributed by atoms with Crippen LogP contribution >= 0.6 is 23.5 Å². The number of thioether (sulfide) groups is 2. The minimum absolute atomic E-state index is 0.0814. The van der Waals surface area contributed by atoms with E-state index in [0.29, 0.717) is 34.9 Å². The molecule has 2 aromatic carbocycles. The van der Waals surface area contributed by atoms with Crippen LogP contribution in [-0.4, -0.2) is 240 Å². The van der Waals surface area contributed by atoms with Gasteiger partial charge < -0.3 is 111 Å². The Bertz CT molecular complexity index is 1840. The zero-order valence-electron chi connectivity index (χ0n) is 35.5. The van der Waals surface area contributed by atoms with E-state index in [2.05, 4.69) is 10.6 Å². The summed E-state index contributed by atoms with van der Waals surface area (Å²) in [7, 11) is 0. The summed E-state index contributed by atoms with van der Waals surface area (Å²) >= 11 is 1.14. The van der Waals surface area contributed by atoms with Crippen LogP contribution in [0.15, 0.2) is 58.3 Å². The Labute approximate surface area is 390 Å². The number of aliphatic hydroxyl groups excluding tert-OH is 12. The van der Waals surface area contributed by atoms with Gasteiger partial charge in [0, 0.05) is 34.0 Å². The van der Waals surface area contributed by atoms with Crippen molar-refractivity contribution in [2.75, 3.05) is 50.3 Å². The lowest BCUT2D eigenvalue weighted by Crippen LogP contribution is -2.76. The Kier molecular flexibility index (Phi) is 17.4. The van der Waals surface area contributed by atoms with Crippen LogP contribution in [0.5, 0.6) is 0 Å². The number of rotatable bonds is 16. The SMILES string of the molecule is O=C(CCCC(=O)Nc1ccc(S[C@@]2(O)[C@H](O)[C@](O)([C@@H]3O[C@H](CO)[C@@H](O)[C@H](O)[C@H]3O)CO[C@@H]2CO)cc1)Nc1ccc(S[C@@]2(O)[C@H](O)[C@](O)([C@@H]3O[C@H](CO)[C@@H](O)[C@H](O)[C@H]3O)CO[C@@H]2CO)cc1. The Morgan fingerprint density at radius 2 is 0.866 bits per heavy atom. The highest BCUT2D eigenvalue weighted by molar-refractivity contribution is 8.00. The van der Waals surface area contributed by atoms with Gasteiger partial charge in [-0.25, -0.2) is 0 Å². The zero-order chi connectivity index (χ0) is 49.2. The average Bonchev–Trinajstić information content (AvgIpc) is 3.30. The molecule has 0 aromatic heterocycles. The molecular formula is C41H58N2O22S2. The first kappa shape index (κ1) is 53.6. The number of nitrogens with one attached hydrogen (secondary N) is 2. The van der Waals surface area contributed by atoms with Crippen LogP contribution in [-0.2, 0) is 28.5 Å². The summed E-state index contributed by atoms with van der Waals surface area (Å²) in [5.74, 6) is -0.915. The van der Waals surface area contributed by atoms with E-state index in [9.17, 15) is 91.3 Å². The number of hydrogen-bond donors (Lipinski definition) is 18. The fraction of sp³-hybridized carbons (Fsp3) is 0.659. The molecule has 376 valence electrons. The minimum atomic E-state index is -2.62. The molecule has 2 amide bonds. The molecule has 0 bridgehead atoms. The molecule has 4 aliphatic heterocycles. The first-order valence-electron chi connectivity index (χ1n) is 21.1. The Hall–Kier alpha value is -2.72. The van der Waals surface area contributed by atoms with Gasteiger partial charge in [0.05, 0.1) is 39.6 Å². The van der Waals surface area contributed by atoms with Crippen LogP contribution in [0.4, 0.5) is 11.4 Å². The van der Waals surface area contributed by atoms with E-state index in [1.54, 1.807) is 0 Å². The first-order chi connectivity index (χ1) is 31.6. The van der Waals surface area contributed by atoms with E-state index in [0.717, 1.165) is 0 Å². The third-order valence-corrected chi connectivity index (χ3v) is 15.1. The van der Waals surface area contributed by atoms with Crippen LogP contribution in [0.2, 0.25) is 0 Å². The lowest BCUT2D eigenvalue weighted by molar-refractivity contribution is -0.328. The van der Waals surface area contributed by atoms with E-state index in [1.807, 2.05) is 0 Å². The van der Waals surface area contributed by atoms with Crippen molar-refractivity contribution in [1.82, 2.24) is 0 Å². The lowest BCUT2D eigenvalue weighted by Gasteiger charge is -2.55. The molecule has 0 spiro atoms. The average molecular weight is 995 g/mol. The van der Waals surface area contributed by atoms with Crippen molar-refractivity contribution in [3.8, 4) is 0 Å². The van der Waals surface area contributed by atoms with Gasteiger partial charge in [0.25, 0.3) is 0 Å². The van der Waals surface area contributed by atoms with Crippen molar-refractivity contribution in [2.45, 2.75) is 136 Å². The summed E-state index contributed by atoms with van der Waals surface area (Å²) < 4.78 is 21.9. The standard InChI is InChI=1S/C41H58N2O22S2/c44-12-22-28(50)30(52)32(54)34(64-22)38(58)16-62-24(14-46)40(60,36(38)56)66-20-8-4-18(5-9-20)42-26(48)2-1-3-27(49)43-19-6-10-21(11-7-19)67-41(61)25(15-47)63-17-39(59,37(41)57)35-33(55)31(53)29(51)23(13-45)65-35/h4-11,22-25,28-37,44-47,50-61H,1-3,12-17H2,(H,42,48)(H,43,49)/t22-,23-,24-,25-,28-,29-,30+,31+,32-,33-,34-,35-,36-,37-,38-,39-,40-,41-/m1/s1. The number of hydrogen-bond acceptors (Lipinski definition) is 24. The van der Waals surface area contributed by atoms with E-state index in [1.165, 1.54) is 48.5 Å². The van der Waals surface area contributed by atoms with Gasteiger partial charge in [-0.3, -0.25) is 9.59 Å². The maximum Gasteiger partial charge on any atom is 0.224 e. The van der Waals surface area contributed by atoms with Crippen molar-refractivity contribution >= 4 is 46.7 Å². The molecule has 2 aromatic rings. The quantitative estimate of drug-likeness (QED) is 0.0696. The molecule has 0 unspecified atom stereocenters. The zero-order valence-corrected chi connectivity index (χ0v) is 37.1. The largest absolute Gasteiger partial charge is 0.394 e. The molecule has 26 heteroatoms. The predicted molar refractivity (Wildman–Crippen MR) is 229 cm³/mol. The molecule has 4 saturated heterocycles. The highest BCUT2D eigenvalue weighted by atomic mass is 32.2. The molecule has 6 rings (SSSR count). The van der Waals surface area contributed by atoms with E-state index < -0.39 is 158 Å². The Morgan fingerprint density at radius 1 is 0.522 bits per heavy atom. The maximum atomic E-state index is 12.8. The third-order valence-electron chi connectivity index (χ3n) is 12.4. The van der Waals surface area contributed by atoms with Crippen molar-refractivity contribution in [3.63, 3.8) is 0 Å². The van der Waals surface area contributed by atoms with Crippen LogP contribution < -0.4 is 10.6 Å². The van der Waals surface area contributed by atoms with E-state index >= 15 is 0 Å². The van der Waals surface area contributed by atoms with Crippen LogP contribution in [0, 0.1) is 0 Å². The van der Waals surface area contributed by atoms with Gasteiger partial charge in [-0.1, -0.05) is 23.5 Å². The molecule has 0 aliphatic carbocycles. The van der Waals surface area contributed by atoms with Crippen LogP contribution in [0.1, 0.15) is 19.3 Å². The predicted octanol–water partition coefficient (Wildman–Crippen LogP) is -6.35. The highest BCUT2D eigenvalue weighted by Gasteiger charge is 2.67. The minimum Gasteiger partial charge on any atom is -0.394 e. The third kappa shape index (κ3) is 10.7. The van der Waals surface area contributed by atoms with Gasteiger partial charge in [0.15, 0.2) is 9.87 Å². The van der Waals surface area contributed by atoms with Gasteiger partial charge in [-0.05, 0) is 55.0 Å². The number of benzene rings is 2. The maximum absolute atomic E-state index is 12.8. The Morgan fingerprint density at radius 3 is 1.18 bits per heavy atom. The number of carbonyl (C=O) groups is 2. The molecule has 0 saturated carbocycles. The summed E-state index contributed by atoms with van der Waals surface area (Å²) in [5, 5.41) is 176. The smallest absolute Gasteiger partial charge is 0.224 e. The highest BCUT2D eigenvalue weighted by Crippen LogP contribution is 2.49. The van der Waals surface area contributed by atoms with Crippen molar-refractivity contribution < 1.29 is 110 Å². The number of ether oxygens (including phenoxy) is 4. The number of amides is 2.